The Morgan fingerprint density at radius 3 is 2.68 bits per heavy atom. The van der Waals surface area contributed by atoms with Crippen LogP contribution in [0.1, 0.15) is 16.5 Å². The van der Waals surface area contributed by atoms with Crippen LogP contribution in [0, 0.1) is 5.82 Å². The summed E-state index contributed by atoms with van der Waals surface area (Å²) in [7, 11) is 0. The number of thioether (sulfide) groups is 1. The standard InChI is InChI=1S/C20H22FN3O2S2/c21-15-3-5-16(6-4-15)24-10-9-23(20(24)26)14-19(25)22-8-7-18(28-13-11-22)17-2-1-12-27-17/h1-6,12,18H,7-11,13-14H2. The van der Waals surface area contributed by atoms with Crippen LogP contribution in [-0.2, 0) is 4.79 Å². The second kappa shape index (κ2) is 8.53. The summed E-state index contributed by atoms with van der Waals surface area (Å²) in [6.07, 6.45) is 0.937. The van der Waals surface area contributed by atoms with Gasteiger partial charge in [-0.15, -0.1) is 11.3 Å². The summed E-state index contributed by atoms with van der Waals surface area (Å²) in [6, 6.07) is 9.91. The second-order valence-corrected chi connectivity index (χ2v) is 9.17. The molecular formula is C20H22FN3O2S2. The Bertz CT molecular complexity index is 828. The van der Waals surface area contributed by atoms with E-state index in [0.29, 0.717) is 24.0 Å². The summed E-state index contributed by atoms with van der Waals surface area (Å²) < 4.78 is 13.1. The zero-order chi connectivity index (χ0) is 19.5. The first-order chi connectivity index (χ1) is 13.6. The van der Waals surface area contributed by atoms with E-state index < -0.39 is 0 Å². The molecule has 2 saturated heterocycles. The van der Waals surface area contributed by atoms with Crippen LogP contribution in [0.3, 0.4) is 0 Å². The minimum atomic E-state index is -0.331. The van der Waals surface area contributed by atoms with E-state index in [1.54, 1.807) is 33.3 Å². The van der Waals surface area contributed by atoms with Crippen molar-refractivity contribution < 1.29 is 14.0 Å². The lowest BCUT2D eigenvalue weighted by Gasteiger charge is -2.24. The number of thiophene rings is 1. The van der Waals surface area contributed by atoms with Gasteiger partial charge in [0.05, 0.1) is 0 Å². The molecule has 2 aromatic rings. The Labute approximate surface area is 172 Å². The summed E-state index contributed by atoms with van der Waals surface area (Å²) in [4.78, 5) is 31.9. The highest BCUT2D eigenvalue weighted by molar-refractivity contribution is 7.99. The monoisotopic (exact) mass is 419 g/mol. The fourth-order valence-corrected chi connectivity index (χ4v) is 5.81. The smallest absolute Gasteiger partial charge is 0.325 e. The van der Waals surface area contributed by atoms with Gasteiger partial charge in [-0.2, -0.15) is 11.8 Å². The molecule has 148 valence electrons. The number of halogens is 1. The average Bonchev–Trinajstić information content (AvgIpc) is 3.27. The van der Waals surface area contributed by atoms with Crippen LogP contribution in [0.2, 0.25) is 0 Å². The van der Waals surface area contributed by atoms with Gasteiger partial charge in [-0.25, -0.2) is 9.18 Å². The molecular weight excluding hydrogens is 397 g/mol. The van der Waals surface area contributed by atoms with Crippen molar-refractivity contribution >= 4 is 40.7 Å². The molecule has 8 heteroatoms. The highest BCUT2D eigenvalue weighted by atomic mass is 32.2. The molecule has 0 spiro atoms. The van der Waals surface area contributed by atoms with Gasteiger partial charge in [-0.05, 0) is 42.1 Å². The number of urea groups is 1. The molecule has 5 nitrogen and oxygen atoms in total. The normalized spacial score (nSPS) is 20.5. The van der Waals surface area contributed by atoms with E-state index in [0.717, 1.165) is 25.3 Å². The first-order valence-electron chi connectivity index (χ1n) is 9.36. The van der Waals surface area contributed by atoms with Crippen molar-refractivity contribution in [1.82, 2.24) is 9.80 Å². The maximum atomic E-state index is 13.1. The van der Waals surface area contributed by atoms with Crippen LogP contribution >= 0.6 is 23.1 Å². The largest absolute Gasteiger partial charge is 0.340 e. The molecule has 28 heavy (non-hydrogen) atoms. The molecule has 0 N–H and O–H groups in total. The van der Waals surface area contributed by atoms with Gasteiger partial charge in [0.25, 0.3) is 0 Å². The zero-order valence-corrected chi connectivity index (χ0v) is 17.1. The molecule has 1 atom stereocenters. The number of rotatable bonds is 4. The van der Waals surface area contributed by atoms with Crippen LogP contribution in [0.5, 0.6) is 0 Å². The summed E-state index contributed by atoms with van der Waals surface area (Å²) in [5.74, 6) is 0.577. The molecule has 1 aromatic carbocycles. The average molecular weight is 420 g/mol. The SMILES string of the molecule is O=C(CN1CCN(c2ccc(F)cc2)C1=O)N1CCSC(c2cccs2)CC1. The van der Waals surface area contributed by atoms with E-state index in [-0.39, 0.29) is 24.3 Å². The molecule has 1 aromatic heterocycles. The highest BCUT2D eigenvalue weighted by Gasteiger charge is 2.32. The molecule has 1 unspecified atom stereocenters. The predicted octanol–water partition coefficient (Wildman–Crippen LogP) is 3.84. The Balaban J connectivity index is 1.33. The molecule has 3 amide bonds. The van der Waals surface area contributed by atoms with E-state index in [1.165, 1.54) is 17.0 Å². The Morgan fingerprint density at radius 2 is 1.93 bits per heavy atom. The molecule has 2 aliphatic rings. The number of benzene rings is 1. The van der Waals surface area contributed by atoms with Gasteiger partial charge in [0, 0.05) is 47.7 Å². The molecule has 2 aliphatic heterocycles. The Kier molecular flexibility index (Phi) is 5.87. The van der Waals surface area contributed by atoms with E-state index in [4.69, 9.17) is 0 Å². The zero-order valence-electron chi connectivity index (χ0n) is 15.4. The Morgan fingerprint density at radius 1 is 1.11 bits per heavy atom. The van der Waals surface area contributed by atoms with Gasteiger partial charge in [0.15, 0.2) is 0 Å². The third kappa shape index (κ3) is 4.17. The third-order valence-electron chi connectivity index (χ3n) is 5.11. The van der Waals surface area contributed by atoms with Crippen molar-refractivity contribution in [1.29, 1.82) is 0 Å². The molecule has 0 aliphatic carbocycles. The van der Waals surface area contributed by atoms with Crippen molar-refractivity contribution in [2.45, 2.75) is 11.7 Å². The van der Waals surface area contributed by atoms with E-state index in [2.05, 4.69) is 17.5 Å². The van der Waals surface area contributed by atoms with Crippen molar-refractivity contribution in [3.8, 4) is 0 Å². The van der Waals surface area contributed by atoms with Crippen molar-refractivity contribution in [3.63, 3.8) is 0 Å². The number of hydrogen-bond donors (Lipinski definition) is 0. The van der Waals surface area contributed by atoms with Gasteiger partial charge in [0.1, 0.15) is 12.4 Å². The van der Waals surface area contributed by atoms with Gasteiger partial charge >= 0.3 is 6.03 Å². The van der Waals surface area contributed by atoms with E-state index in [1.807, 2.05) is 16.7 Å². The van der Waals surface area contributed by atoms with E-state index >= 15 is 0 Å². The minimum Gasteiger partial charge on any atom is -0.340 e. The maximum absolute atomic E-state index is 13.1. The summed E-state index contributed by atoms with van der Waals surface area (Å²) in [5.41, 5.74) is 0.659. The quantitative estimate of drug-likeness (QED) is 0.756. The highest BCUT2D eigenvalue weighted by Crippen LogP contribution is 2.36. The number of carbonyl (C=O) groups excluding carboxylic acids is 2. The fourth-order valence-electron chi connectivity index (χ4n) is 3.57. The van der Waals surface area contributed by atoms with Gasteiger partial charge < -0.3 is 9.80 Å². The van der Waals surface area contributed by atoms with Crippen LogP contribution in [0.15, 0.2) is 41.8 Å². The topological polar surface area (TPSA) is 43.9 Å². The molecule has 4 rings (SSSR count). The number of carbonyl (C=O) groups is 2. The van der Waals surface area contributed by atoms with Crippen molar-refractivity contribution in [2.75, 3.05) is 43.4 Å². The van der Waals surface area contributed by atoms with Crippen LogP contribution < -0.4 is 4.90 Å². The van der Waals surface area contributed by atoms with Crippen LogP contribution in [-0.4, -0.2) is 60.2 Å². The van der Waals surface area contributed by atoms with Gasteiger partial charge in [-0.3, -0.25) is 9.69 Å². The van der Waals surface area contributed by atoms with Gasteiger partial charge in [-0.1, -0.05) is 6.07 Å². The first-order valence-corrected chi connectivity index (χ1v) is 11.3. The number of amides is 3. The molecule has 3 heterocycles. The summed E-state index contributed by atoms with van der Waals surface area (Å²) in [6.45, 7) is 2.55. The minimum absolute atomic E-state index is 0.00161. The first kappa shape index (κ1) is 19.3. The molecule has 0 bridgehead atoms. The summed E-state index contributed by atoms with van der Waals surface area (Å²) in [5, 5.41) is 2.54. The molecule has 2 fully saturated rings. The lowest BCUT2D eigenvalue weighted by atomic mass is 10.2. The summed E-state index contributed by atoms with van der Waals surface area (Å²) >= 11 is 3.67. The predicted molar refractivity (Wildman–Crippen MR) is 111 cm³/mol. The molecule has 0 saturated carbocycles. The van der Waals surface area contributed by atoms with Crippen LogP contribution in [0.25, 0.3) is 0 Å². The third-order valence-corrected chi connectivity index (χ3v) is 7.56. The lowest BCUT2D eigenvalue weighted by Crippen LogP contribution is -2.43. The lowest BCUT2D eigenvalue weighted by molar-refractivity contribution is -0.131. The van der Waals surface area contributed by atoms with Crippen molar-refractivity contribution in [3.05, 3.63) is 52.5 Å². The Hall–Kier alpha value is -2.06. The number of nitrogens with zero attached hydrogens (tertiary/aromatic N) is 3. The maximum Gasteiger partial charge on any atom is 0.325 e. The molecule has 0 radical (unpaired) electrons. The van der Waals surface area contributed by atoms with Crippen LogP contribution in [0.4, 0.5) is 14.9 Å². The number of anilines is 1. The fraction of sp³-hybridized carbons (Fsp3) is 0.400. The van der Waals surface area contributed by atoms with Crippen molar-refractivity contribution in [2.24, 2.45) is 0 Å². The number of hydrogen-bond acceptors (Lipinski definition) is 4. The van der Waals surface area contributed by atoms with E-state index in [9.17, 15) is 14.0 Å². The second-order valence-electron chi connectivity index (χ2n) is 6.88. The van der Waals surface area contributed by atoms with Gasteiger partial charge in [0.2, 0.25) is 5.91 Å².